The zero-order chi connectivity index (χ0) is 21.9. The fourth-order valence-corrected chi connectivity index (χ4v) is 2.91. The molecule has 0 fully saturated rings. The molecule has 0 bridgehead atoms. The number of halogens is 3. The Morgan fingerprint density at radius 3 is 2.73 bits per heavy atom. The van der Waals surface area contributed by atoms with Crippen LogP contribution >= 0.6 is 0 Å². The minimum Gasteiger partial charge on any atom is -0.493 e. The van der Waals surface area contributed by atoms with Gasteiger partial charge < -0.3 is 15.0 Å². The van der Waals surface area contributed by atoms with E-state index in [0.29, 0.717) is 18.0 Å². The Kier molecular flexibility index (Phi) is 6.25. The van der Waals surface area contributed by atoms with Gasteiger partial charge in [0, 0.05) is 31.5 Å². The summed E-state index contributed by atoms with van der Waals surface area (Å²) in [5.74, 6) is 0.0119. The van der Waals surface area contributed by atoms with Crippen LogP contribution in [0.2, 0.25) is 0 Å². The average molecular weight is 421 g/mol. The third-order valence-corrected chi connectivity index (χ3v) is 4.32. The van der Waals surface area contributed by atoms with Gasteiger partial charge in [-0.2, -0.15) is 18.3 Å². The van der Waals surface area contributed by atoms with Crippen molar-refractivity contribution in [3.05, 3.63) is 47.8 Å². The van der Waals surface area contributed by atoms with Crippen molar-refractivity contribution in [1.82, 2.24) is 19.7 Å². The number of carbonyl (C=O) groups is 1. The quantitative estimate of drug-likeness (QED) is 0.591. The van der Waals surface area contributed by atoms with E-state index in [-0.39, 0.29) is 16.6 Å². The number of aryl methyl sites for hydroxylation is 1. The predicted octanol–water partition coefficient (Wildman–Crippen LogP) is 3.57. The number of aromatic nitrogens is 3. The molecule has 1 amide bonds. The minimum atomic E-state index is -4.64. The Morgan fingerprint density at radius 1 is 1.27 bits per heavy atom. The Bertz CT molecular complexity index is 1050. The number of hydrogen-bond acceptors (Lipinski definition) is 5. The van der Waals surface area contributed by atoms with E-state index >= 15 is 0 Å². The summed E-state index contributed by atoms with van der Waals surface area (Å²) in [6.45, 7) is 1.41. The Labute approximate surface area is 171 Å². The number of rotatable bonds is 7. The molecule has 2 heterocycles. The zero-order valence-corrected chi connectivity index (χ0v) is 16.8. The number of alkyl halides is 3. The number of carbonyl (C=O) groups excluding carboxylic acids is 1. The maximum absolute atomic E-state index is 13.2. The second-order valence-corrected chi connectivity index (χ2v) is 7.05. The number of anilines is 1. The molecule has 1 N–H and O–H groups in total. The van der Waals surface area contributed by atoms with Crippen molar-refractivity contribution in [2.75, 3.05) is 32.6 Å². The van der Waals surface area contributed by atoms with Crippen molar-refractivity contribution in [3.8, 4) is 5.75 Å². The lowest BCUT2D eigenvalue weighted by molar-refractivity contribution is -0.140. The molecule has 160 valence electrons. The molecule has 0 unspecified atom stereocenters. The second kappa shape index (κ2) is 8.70. The van der Waals surface area contributed by atoms with Crippen molar-refractivity contribution in [2.45, 2.75) is 12.6 Å². The highest BCUT2D eigenvalue weighted by atomic mass is 19.4. The van der Waals surface area contributed by atoms with Gasteiger partial charge >= 0.3 is 6.18 Å². The molecule has 0 saturated heterocycles. The van der Waals surface area contributed by atoms with Crippen LogP contribution in [0.25, 0.3) is 11.0 Å². The molecule has 10 heteroatoms. The first kappa shape index (κ1) is 21.6. The molecule has 0 aliphatic rings. The minimum absolute atomic E-state index is 0.00157. The standard InChI is InChI=1S/C20H22F3N5O2/c1-27(2)8-5-9-30-15-7-4-6-14(11-15)25-19(29)13-10-16-17(20(21,22)23)26-28(3)18(16)24-12-13/h4,6-7,10-12H,5,8-9H2,1-3H3,(H,25,29). The summed E-state index contributed by atoms with van der Waals surface area (Å²) < 4.78 is 46.3. The Morgan fingerprint density at radius 2 is 2.03 bits per heavy atom. The second-order valence-electron chi connectivity index (χ2n) is 7.05. The van der Waals surface area contributed by atoms with E-state index < -0.39 is 17.8 Å². The van der Waals surface area contributed by atoms with Crippen LogP contribution in [-0.4, -0.2) is 52.8 Å². The largest absolute Gasteiger partial charge is 0.493 e. The first-order chi connectivity index (χ1) is 14.1. The van der Waals surface area contributed by atoms with E-state index in [0.717, 1.165) is 23.7 Å². The van der Waals surface area contributed by atoms with Gasteiger partial charge in [0.2, 0.25) is 0 Å². The molecule has 0 aliphatic carbocycles. The van der Waals surface area contributed by atoms with E-state index in [2.05, 4.69) is 20.3 Å². The van der Waals surface area contributed by atoms with Gasteiger partial charge in [-0.3, -0.25) is 4.79 Å². The fraction of sp³-hybridized carbons (Fsp3) is 0.350. The summed E-state index contributed by atoms with van der Waals surface area (Å²) in [7, 11) is 5.32. The first-order valence-corrected chi connectivity index (χ1v) is 9.24. The molecule has 3 rings (SSSR count). The molecule has 7 nitrogen and oxygen atoms in total. The maximum atomic E-state index is 13.2. The molecule has 0 radical (unpaired) electrons. The molecular formula is C20H22F3N5O2. The molecule has 0 aliphatic heterocycles. The van der Waals surface area contributed by atoms with Crippen LogP contribution in [0.1, 0.15) is 22.5 Å². The third-order valence-electron chi connectivity index (χ3n) is 4.32. The van der Waals surface area contributed by atoms with Crippen LogP contribution in [0.5, 0.6) is 5.75 Å². The maximum Gasteiger partial charge on any atom is 0.435 e. The van der Waals surface area contributed by atoms with Crippen LogP contribution in [0, 0.1) is 0 Å². The van der Waals surface area contributed by atoms with E-state index in [1.54, 1.807) is 24.3 Å². The number of fused-ring (bicyclic) bond motifs is 1. The van der Waals surface area contributed by atoms with Crippen LogP contribution in [0.3, 0.4) is 0 Å². The number of benzene rings is 1. The average Bonchev–Trinajstić information content (AvgIpc) is 3.02. The van der Waals surface area contributed by atoms with Gasteiger partial charge in [0.25, 0.3) is 5.91 Å². The lowest BCUT2D eigenvalue weighted by Crippen LogP contribution is -2.15. The van der Waals surface area contributed by atoms with Gasteiger partial charge in [0.1, 0.15) is 5.75 Å². The summed E-state index contributed by atoms with van der Waals surface area (Å²) in [6, 6.07) is 7.97. The fourth-order valence-electron chi connectivity index (χ4n) is 2.91. The first-order valence-electron chi connectivity index (χ1n) is 9.24. The monoisotopic (exact) mass is 421 g/mol. The van der Waals surface area contributed by atoms with Gasteiger partial charge in [0.15, 0.2) is 11.3 Å². The number of nitrogens with one attached hydrogen (secondary N) is 1. The number of hydrogen-bond donors (Lipinski definition) is 1. The van der Waals surface area contributed by atoms with Crippen LogP contribution in [0.4, 0.5) is 18.9 Å². The highest BCUT2D eigenvalue weighted by Crippen LogP contribution is 2.33. The number of nitrogens with zero attached hydrogens (tertiary/aromatic N) is 4. The molecule has 3 aromatic rings. The highest BCUT2D eigenvalue weighted by Gasteiger charge is 2.37. The Balaban J connectivity index is 1.74. The van der Waals surface area contributed by atoms with Crippen LogP contribution in [-0.2, 0) is 13.2 Å². The van der Waals surface area contributed by atoms with Gasteiger partial charge in [-0.1, -0.05) is 6.07 Å². The molecule has 2 aromatic heterocycles. The van der Waals surface area contributed by atoms with Gasteiger partial charge in [-0.15, -0.1) is 0 Å². The topological polar surface area (TPSA) is 72.3 Å². The van der Waals surface area contributed by atoms with Crippen LogP contribution in [0.15, 0.2) is 36.5 Å². The van der Waals surface area contributed by atoms with E-state index in [4.69, 9.17) is 4.74 Å². The lowest BCUT2D eigenvalue weighted by atomic mass is 10.2. The molecule has 0 atom stereocenters. The molecule has 1 aromatic carbocycles. The van der Waals surface area contributed by atoms with E-state index in [1.165, 1.54) is 13.2 Å². The van der Waals surface area contributed by atoms with Crippen molar-refractivity contribution in [1.29, 1.82) is 0 Å². The number of amides is 1. The molecule has 0 spiro atoms. The molecular weight excluding hydrogens is 399 g/mol. The van der Waals surface area contributed by atoms with Gasteiger partial charge in [0.05, 0.1) is 17.6 Å². The van der Waals surface area contributed by atoms with Crippen molar-refractivity contribution in [2.24, 2.45) is 7.05 Å². The highest BCUT2D eigenvalue weighted by molar-refractivity contribution is 6.05. The van der Waals surface area contributed by atoms with Crippen LogP contribution < -0.4 is 10.1 Å². The summed E-state index contributed by atoms with van der Waals surface area (Å²) >= 11 is 0. The summed E-state index contributed by atoms with van der Waals surface area (Å²) in [5.41, 5.74) is -0.562. The summed E-state index contributed by atoms with van der Waals surface area (Å²) in [5, 5.41) is 5.92. The van der Waals surface area contributed by atoms with Gasteiger partial charge in [-0.05, 0) is 38.7 Å². The summed E-state index contributed by atoms with van der Waals surface area (Å²) in [4.78, 5) is 18.6. The summed E-state index contributed by atoms with van der Waals surface area (Å²) in [6.07, 6.45) is -2.57. The molecule has 0 saturated carbocycles. The number of ether oxygens (including phenoxy) is 1. The van der Waals surface area contributed by atoms with Crippen molar-refractivity contribution < 1.29 is 22.7 Å². The third kappa shape index (κ3) is 5.07. The zero-order valence-electron chi connectivity index (χ0n) is 16.8. The SMILES string of the molecule is CN(C)CCCOc1cccc(NC(=O)c2cnc3c(c2)c(C(F)(F)F)nn3C)c1. The number of pyridine rings is 1. The van der Waals surface area contributed by atoms with Crippen molar-refractivity contribution in [3.63, 3.8) is 0 Å². The van der Waals surface area contributed by atoms with E-state index in [1.807, 2.05) is 14.1 Å². The smallest absolute Gasteiger partial charge is 0.435 e. The van der Waals surface area contributed by atoms with E-state index in [9.17, 15) is 18.0 Å². The Hall–Kier alpha value is -3.14. The van der Waals surface area contributed by atoms with Crippen molar-refractivity contribution >= 4 is 22.6 Å². The lowest BCUT2D eigenvalue weighted by Gasteiger charge is -2.11. The predicted molar refractivity (Wildman–Crippen MR) is 107 cm³/mol. The van der Waals surface area contributed by atoms with Gasteiger partial charge in [-0.25, -0.2) is 9.67 Å². The molecule has 30 heavy (non-hydrogen) atoms. The normalized spacial score (nSPS) is 11.8.